The van der Waals surface area contributed by atoms with E-state index in [4.69, 9.17) is 22.9 Å². The van der Waals surface area contributed by atoms with Gasteiger partial charge >= 0.3 is 5.97 Å². The summed E-state index contributed by atoms with van der Waals surface area (Å²) in [4.78, 5) is 136. The van der Waals surface area contributed by atoms with Crippen molar-refractivity contribution in [3.05, 3.63) is 90.1 Å². The molecule has 18 N–H and O–H groups in total. The molecular formula is C50H71N15O10. The van der Waals surface area contributed by atoms with Crippen molar-refractivity contribution >= 4 is 70.1 Å². The van der Waals surface area contributed by atoms with Crippen LogP contribution in [0.25, 0.3) is 10.9 Å². The first kappa shape index (κ1) is 59.2. The number of carbonyl (C=O) groups is 9. The number of hydrogen-bond acceptors (Lipinski definition) is 12. The molecule has 4 rings (SSSR count). The second kappa shape index (κ2) is 30.6. The molecule has 25 heteroatoms. The summed E-state index contributed by atoms with van der Waals surface area (Å²) in [6.45, 7) is 3.48. The van der Waals surface area contributed by atoms with Gasteiger partial charge in [0.2, 0.25) is 47.3 Å². The van der Waals surface area contributed by atoms with E-state index in [0.29, 0.717) is 49.0 Å². The Bertz CT molecular complexity index is 2570. The van der Waals surface area contributed by atoms with E-state index in [-0.39, 0.29) is 57.5 Å². The van der Waals surface area contributed by atoms with Crippen LogP contribution in [-0.2, 0) is 62.4 Å². The molecule has 25 nitrogen and oxygen atoms in total. The summed E-state index contributed by atoms with van der Waals surface area (Å²) >= 11 is 0. The molecule has 0 spiro atoms. The number of aliphatic imine (C=N–C) groups is 1. The predicted octanol–water partition coefficient (Wildman–Crippen LogP) is -1.33. The summed E-state index contributed by atoms with van der Waals surface area (Å²) in [6.07, 6.45) is 5.75. The number of primary amides is 1. The SMILES string of the molecule is CCCCC(NC(C)=O)C(=O)NC(CC(=O)O)C(=O)NC(Cc1cnc[nH]1)C(=O)NC(Cc1ccccc1)C(=O)NC(CCCN=C(N)N)C(=O)NC(Cc1c[nH]c2ccccc12)C(=O)NC(CCCCN)C(N)=O. The Morgan fingerprint density at radius 2 is 1.15 bits per heavy atom. The number of rotatable bonds is 33. The third-order valence-corrected chi connectivity index (χ3v) is 12.0. The first-order chi connectivity index (χ1) is 35.9. The fourth-order valence-corrected chi connectivity index (χ4v) is 8.11. The number of guanidine groups is 1. The van der Waals surface area contributed by atoms with E-state index in [1.165, 1.54) is 19.4 Å². The number of aromatic nitrogens is 3. The van der Waals surface area contributed by atoms with Gasteiger partial charge in [0.1, 0.15) is 42.3 Å². The third-order valence-electron chi connectivity index (χ3n) is 12.0. The molecular weight excluding hydrogens is 971 g/mol. The third kappa shape index (κ3) is 20.2. The number of H-pyrrole nitrogens is 2. The highest BCUT2D eigenvalue weighted by atomic mass is 16.4. The monoisotopic (exact) mass is 1040 g/mol. The van der Waals surface area contributed by atoms with Gasteiger partial charge in [0.05, 0.1) is 12.7 Å². The number of carboxylic acid groups (broad SMARTS) is 1. The van der Waals surface area contributed by atoms with E-state index < -0.39 is 102 Å². The van der Waals surface area contributed by atoms with Crippen LogP contribution in [0.2, 0.25) is 0 Å². The number of carboxylic acids is 1. The highest BCUT2D eigenvalue weighted by Crippen LogP contribution is 2.20. The Morgan fingerprint density at radius 1 is 0.613 bits per heavy atom. The number of benzene rings is 2. The molecule has 0 aliphatic carbocycles. The summed E-state index contributed by atoms with van der Waals surface area (Å²) in [7, 11) is 0. The van der Waals surface area contributed by atoms with Gasteiger partial charge in [-0.2, -0.15) is 0 Å². The van der Waals surface area contributed by atoms with E-state index in [9.17, 15) is 48.3 Å². The maximum atomic E-state index is 14.7. The normalized spacial score (nSPS) is 13.8. The first-order valence-electron chi connectivity index (χ1n) is 24.8. The molecule has 406 valence electrons. The van der Waals surface area contributed by atoms with Crippen molar-refractivity contribution in [3.8, 4) is 0 Å². The zero-order valence-corrected chi connectivity index (χ0v) is 42.2. The molecule has 0 aliphatic heterocycles. The predicted molar refractivity (Wildman–Crippen MR) is 277 cm³/mol. The fraction of sp³-hybridized carbons (Fsp3) is 0.460. The number of imidazole rings is 1. The molecule has 75 heavy (non-hydrogen) atoms. The zero-order valence-electron chi connectivity index (χ0n) is 42.2. The van der Waals surface area contributed by atoms with Crippen LogP contribution in [-0.4, -0.2) is 135 Å². The van der Waals surface area contributed by atoms with Crippen molar-refractivity contribution < 1.29 is 48.3 Å². The smallest absolute Gasteiger partial charge is 0.305 e. The molecule has 2 heterocycles. The van der Waals surface area contributed by atoms with Crippen LogP contribution >= 0.6 is 0 Å². The molecule has 8 amide bonds. The van der Waals surface area contributed by atoms with Gasteiger partial charge in [-0.15, -0.1) is 0 Å². The molecule has 0 saturated carbocycles. The number of aliphatic carboxylic acids is 1. The van der Waals surface area contributed by atoms with Gasteiger partial charge in [-0.1, -0.05) is 68.3 Å². The highest BCUT2D eigenvalue weighted by molar-refractivity contribution is 5.98. The molecule has 2 aromatic heterocycles. The maximum absolute atomic E-state index is 14.7. The zero-order chi connectivity index (χ0) is 54.9. The molecule has 7 atom stereocenters. The second-order valence-corrected chi connectivity index (χ2v) is 18.0. The van der Waals surface area contributed by atoms with Gasteiger partial charge in [0.15, 0.2) is 5.96 Å². The highest BCUT2D eigenvalue weighted by Gasteiger charge is 2.35. The van der Waals surface area contributed by atoms with Crippen molar-refractivity contribution in [2.75, 3.05) is 13.1 Å². The van der Waals surface area contributed by atoms with E-state index in [0.717, 1.165) is 10.9 Å². The van der Waals surface area contributed by atoms with Crippen molar-refractivity contribution in [2.24, 2.45) is 27.9 Å². The lowest BCUT2D eigenvalue weighted by Gasteiger charge is -2.28. The van der Waals surface area contributed by atoms with Gasteiger partial charge in [-0.25, -0.2) is 4.98 Å². The number of amides is 8. The van der Waals surface area contributed by atoms with Crippen LogP contribution in [0.3, 0.4) is 0 Å². The van der Waals surface area contributed by atoms with Crippen molar-refractivity contribution in [1.29, 1.82) is 0 Å². The molecule has 0 bridgehead atoms. The number of aromatic amines is 2. The molecule has 0 fully saturated rings. The lowest BCUT2D eigenvalue weighted by molar-refractivity contribution is -0.141. The number of nitrogens with two attached hydrogens (primary N) is 4. The van der Waals surface area contributed by atoms with E-state index >= 15 is 0 Å². The van der Waals surface area contributed by atoms with Crippen LogP contribution in [0.15, 0.2) is 78.3 Å². The summed E-state index contributed by atoms with van der Waals surface area (Å²) in [5, 5.41) is 28.9. The molecule has 0 saturated heterocycles. The van der Waals surface area contributed by atoms with Gasteiger partial charge in [0.25, 0.3) is 0 Å². The number of hydrogen-bond donors (Lipinski definition) is 14. The lowest BCUT2D eigenvalue weighted by atomic mass is 10.0. The number of carbonyl (C=O) groups excluding carboxylic acids is 8. The van der Waals surface area contributed by atoms with E-state index in [2.05, 4.69) is 57.2 Å². The number of nitrogens with one attached hydrogen (secondary N) is 9. The number of para-hydroxylation sites is 1. The van der Waals surface area contributed by atoms with Crippen LogP contribution in [0.4, 0.5) is 0 Å². The molecule has 2 aromatic carbocycles. The van der Waals surface area contributed by atoms with Crippen molar-refractivity contribution in [1.82, 2.24) is 52.2 Å². The van der Waals surface area contributed by atoms with Gasteiger partial charge in [-0.3, -0.25) is 48.1 Å². The summed E-state index contributed by atoms with van der Waals surface area (Å²) < 4.78 is 0. The first-order valence-corrected chi connectivity index (χ1v) is 24.8. The van der Waals surface area contributed by atoms with E-state index in [1.807, 2.05) is 31.2 Å². The average Bonchev–Trinajstić information content (AvgIpc) is 4.04. The van der Waals surface area contributed by atoms with Crippen molar-refractivity contribution in [3.63, 3.8) is 0 Å². The minimum atomic E-state index is -1.72. The molecule has 7 unspecified atom stereocenters. The number of nitrogens with zero attached hydrogens (tertiary/aromatic N) is 2. The number of fused-ring (bicyclic) bond motifs is 1. The summed E-state index contributed by atoms with van der Waals surface area (Å²) in [5.41, 5.74) is 24.8. The Balaban J connectivity index is 1.68. The fourth-order valence-electron chi connectivity index (χ4n) is 8.11. The van der Waals surface area contributed by atoms with Crippen LogP contribution in [0.5, 0.6) is 0 Å². The minimum Gasteiger partial charge on any atom is -0.481 e. The summed E-state index contributed by atoms with van der Waals surface area (Å²) in [5.74, 6) is -8.19. The van der Waals surface area contributed by atoms with Crippen molar-refractivity contribution in [2.45, 2.75) is 133 Å². The van der Waals surface area contributed by atoms with Gasteiger partial charge < -0.3 is 75.2 Å². The minimum absolute atomic E-state index is 0.0411. The quantitative estimate of drug-likeness (QED) is 0.0149. The topological polar surface area (TPSA) is 419 Å². The standard InChI is InChI=1S/C50H71N15O10/c1-3-4-16-36(59-29(2)66)44(70)65-41(25-42(67)68)49(75)64-40(24-32-27-55-28-58-32)48(74)62-38(22-30-13-6-5-7-14-30)46(72)61-37(19-12-21-56-50(53)54)45(71)63-39(23-31-26-57-34-17-9-8-15-33(31)34)47(73)60-35(43(52)69)18-10-11-20-51/h5-9,13-15,17,26-28,35-41,57H,3-4,10-12,16,18-25,51H2,1-2H3,(H2,52,69)(H,55,58)(H,59,66)(H,60,73)(H,61,72)(H,62,74)(H,63,71)(H,64,75)(H,65,70)(H,67,68)(H4,53,54,56). The average molecular weight is 1040 g/mol. The van der Waals surface area contributed by atoms with Gasteiger partial charge in [-0.05, 0) is 62.3 Å². The Morgan fingerprint density at radius 3 is 1.73 bits per heavy atom. The van der Waals surface area contributed by atoms with Crippen LogP contribution in [0, 0.1) is 0 Å². The molecule has 0 aliphatic rings. The van der Waals surface area contributed by atoms with Crippen LogP contribution < -0.4 is 60.2 Å². The summed E-state index contributed by atoms with van der Waals surface area (Å²) in [6, 6.07) is 6.30. The second-order valence-electron chi connectivity index (χ2n) is 18.0. The molecule has 4 aromatic rings. The Kier molecular flexibility index (Phi) is 24.2. The largest absolute Gasteiger partial charge is 0.481 e. The van der Waals surface area contributed by atoms with Gasteiger partial charge in [0, 0.05) is 61.7 Å². The molecule has 0 radical (unpaired) electrons. The lowest BCUT2D eigenvalue weighted by Crippen LogP contribution is -2.61. The maximum Gasteiger partial charge on any atom is 0.305 e. The number of unbranched alkanes of at least 4 members (excludes halogenated alkanes) is 2. The van der Waals surface area contributed by atoms with Crippen LogP contribution in [0.1, 0.15) is 88.5 Å². The Hall–Kier alpha value is -8.35. The Labute approximate surface area is 433 Å². The van der Waals surface area contributed by atoms with E-state index in [1.54, 1.807) is 36.5 Å².